The number of aromatic carboxylic acids is 1. The summed E-state index contributed by atoms with van der Waals surface area (Å²) in [6.07, 6.45) is 1.98. The number of carboxylic acid groups (broad SMARTS) is 1. The van der Waals surface area contributed by atoms with Crippen molar-refractivity contribution in [1.82, 2.24) is 0 Å². The van der Waals surface area contributed by atoms with Crippen molar-refractivity contribution in [1.29, 1.82) is 0 Å². The largest absolute Gasteiger partial charge is 0.478 e. The molecule has 1 aromatic rings. The van der Waals surface area contributed by atoms with E-state index in [1.807, 2.05) is 6.26 Å². The van der Waals surface area contributed by atoms with Gasteiger partial charge >= 0.3 is 5.97 Å². The minimum absolute atomic E-state index is 0.128. The molecule has 0 heterocycles. The molecular weight excluding hydrogens is 235 g/mol. The molecule has 0 atom stereocenters. The summed E-state index contributed by atoms with van der Waals surface area (Å²) in [5.41, 5.74) is 0.128. The van der Waals surface area contributed by atoms with Crippen molar-refractivity contribution in [3.8, 4) is 0 Å². The monoisotopic (exact) mass is 246 g/mol. The number of benzene rings is 1. The minimum Gasteiger partial charge on any atom is -0.478 e. The minimum atomic E-state index is -1.03. The predicted octanol–water partition coefficient (Wildman–Crippen LogP) is 2.98. The van der Waals surface area contributed by atoms with Crippen LogP contribution in [0.2, 0.25) is 0 Å². The standard InChI is InChI=1S/C10H11FO2S2/c1-14-4-5-15-9-6-7(10(12)13)2-3-8(9)11/h2-3,6H,4-5H2,1H3,(H,12,13). The molecule has 0 saturated carbocycles. The van der Waals surface area contributed by atoms with Crippen molar-refractivity contribution in [2.45, 2.75) is 4.90 Å². The van der Waals surface area contributed by atoms with E-state index in [-0.39, 0.29) is 11.4 Å². The molecule has 82 valence electrons. The third-order valence-corrected chi connectivity index (χ3v) is 3.63. The lowest BCUT2D eigenvalue weighted by atomic mass is 10.2. The smallest absolute Gasteiger partial charge is 0.335 e. The van der Waals surface area contributed by atoms with Crippen molar-refractivity contribution in [3.05, 3.63) is 29.6 Å². The summed E-state index contributed by atoms with van der Waals surface area (Å²) in [7, 11) is 0. The molecule has 1 rings (SSSR count). The van der Waals surface area contributed by atoms with Crippen LogP contribution in [0.25, 0.3) is 0 Å². The first kappa shape index (κ1) is 12.4. The molecule has 0 aromatic heterocycles. The van der Waals surface area contributed by atoms with Crippen LogP contribution in [0.5, 0.6) is 0 Å². The molecule has 2 nitrogen and oxygen atoms in total. The lowest BCUT2D eigenvalue weighted by Crippen LogP contribution is -1.97. The van der Waals surface area contributed by atoms with Gasteiger partial charge in [0.1, 0.15) is 5.82 Å². The summed E-state index contributed by atoms with van der Waals surface area (Å²) >= 11 is 3.02. The van der Waals surface area contributed by atoms with E-state index in [0.717, 1.165) is 11.5 Å². The van der Waals surface area contributed by atoms with Crippen molar-refractivity contribution in [2.75, 3.05) is 17.8 Å². The SMILES string of the molecule is CSCCSc1cc(C(=O)O)ccc1F. The molecule has 0 unspecified atom stereocenters. The van der Waals surface area contributed by atoms with Gasteiger partial charge < -0.3 is 5.11 Å². The third-order valence-electron chi connectivity index (χ3n) is 1.72. The van der Waals surface area contributed by atoms with Gasteiger partial charge in [0.2, 0.25) is 0 Å². The van der Waals surface area contributed by atoms with Crippen molar-refractivity contribution < 1.29 is 14.3 Å². The van der Waals surface area contributed by atoms with Crippen LogP contribution in [-0.2, 0) is 0 Å². The highest BCUT2D eigenvalue weighted by atomic mass is 32.2. The van der Waals surface area contributed by atoms with Gasteiger partial charge in [-0.05, 0) is 24.5 Å². The number of carboxylic acids is 1. The first-order chi connectivity index (χ1) is 7.15. The van der Waals surface area contributed by atoms with Crippen LogP contribution in [0.3, 0.4) is 0 Å². The zero-order valence-corrected chi connectivity index (χ0v) is 9.83. The normalized spacial score (nSPS) is 10.3. The second-order valence-electron chi connectivity index (χ2n) is 2.79. The average molecular weight is 246 g/mol. The van der Waals surface area contributed by atoms with Crippen LogP contribution in [0.4, 0.5) is 4.39 Å². The summed E-state index contributed by atoms with van der Waals surface area (Å²) in [4.78, 5) is 11.1. The van der Waals surface area contributed by atoms with Gasteiger partial charge in [-0.15, -0.1) is 11.8 Å². The Morgan fingerprint density at radius 2 is 2.20 bits per heavy atom. The number of rotatable bonds is 5. The van der Waals surface area contributed by atoms with Crippen molar-refractivity contribution in [2.24, 2.45) is 0 Å². The lowest BCUT2D eigenvalue weighted by Gasteiger charge is -2.03. The van der Waals surface area contributed by atoms with Crippen LogP contribution >= 0.6 is 23.5 Å². The van der Waals surface area contributed by atoms with Gasteiger partial charge in [0.25, 0.3) is 0 Å². The molecule has 5 heteroatoms. The second-order valence-corrected chi connectivity index (χ2v) is 4.91. The molecule has 1 N–H and O–H groups in total. The molecule has 0 aliphatic rings. The van der Waals surface area contributed by atoms with Gasteiger partial charge in [-0.1, -0.05) is 0 Å². The fourth-order valence-electron chi connectivity index (χ4n) is 0.982. The van der Waals surface area contributed by atoms with Gasteiger partial charge in [0.15, 0.2) is 0 Å². The van der Waals surface area contributed by atoms with E-state index in [1.54, 1.807) is 11.8 Å². The van der Waals surface area contributed by atoms with E-state index >= 15 is 0 Å². The van der Waals surface area contributed by atoms with E-state index < -0.39 is 5.97 Å². The van der Waals surface area contributed by atoms with E-state index in [9.17, 15) is 9.18 Å². The highest BCUT2D eigenvalue weighted by Crippen LogP contribution is 2.23. The van der Waals surface area contributed by atoms with Crippen LogP contribution in [0.1, 0.15) is 10.4 Å². The molecule has 0 aliphatic heterocycles. The molecule has 15 heavy (non-hydrogen) atoms. The van der Waals surface area contributed by atoms with E-state index in [4.69, 9.17) is 5.11 Å². The number of hydrogen-bond acceptors (Lipinski definition) is 3. The van der Waals surface area contributed by atoms with Crippen LogP contribution in [0.15, 0.2) is 23.1 Å². The summed E-state index contributed by atoms with van der Waals surface area (Å²) in [5, 5.41) is 8.74. The Morgan fingerprint density at radius 1 is 1.47 bits per heavy atom. The first-order valence-corrected chi connectivity index (χ1v) is 6.67. The highest BCUT2D eigenvalue weighted by Gasteiger charge is 2.08. The maximum absolute atomic E-state index is 13.2. The molecule has 1 aromatic carbocycles. The van der Waals surface area contributed by atoms with Crippen molar-refractivity contribution >= 4 is 29.5 Å². The summed E-state index contributed by atoms with van der Waals surface area (Å²) in [6, 6.07) is 3.85. The Balaban J connectivity index is 2.76. The van der Waals surface area contributed by atoms with Crippen LogP contribution in [0, 0.1) is 5.82 Å². The topological polar surface area (TPSA) is 37.3 Å². The average Bonchev–Trinajstić information content (AvgIpc) is 2.20. The van der Waals surface area contributed by atoms with Gasteiger partial charge in [-0.3, -0.25) is 0 Å². The number of halogens is 1. The van der Waals surface area contributed by atoms with Gasteiger partial charge in [0.05, 0.1) is 5.56 Å². The number of carbonyl (C=O) groups is 1. The van der Waals surface area contributed by atoms with Gasteiger partial charge in [-0.2, -0.15) is 11.8 Å². The Bertz CT molecular complexity index is 355. The summed E-state index contributed by atoms with van der Waals surface area (Å²) in [6.45, 7) is 0. The molecule has 0 saturated heterocycles. The molecule has 0 aliphatic carbocycles. The van der Waals surface area contributed by atoms with Gasteiger partial charge in [-0.25, -0.2) is 9.18 Å². The second kappa shape index (κ2) is 6.02. The highest BCUT2D eigenvalue weighted by molar-refractivity contribution is 8.02. The molecule has 0 radical (unpaired) electrons. The Hall–Kier alpha value is -0.680. The molecule has 0 fully saturated rings. The zero-order valence-electron chi connectivity index (χ0n) is 8.20. The number of hydrogen-bond donors (Lipinski definition) is 1. The lowest BCUT2D eigenvalue weighted by molar-refractivity contribution is 0.0696. The fraction of sp³-hybridized carbons (Fsp3) is 0.300. The van der Waals surface area contributed by atoms with Crippen LogP contribution in [-0.4, -0.2) is 28.8 Å². The molecular formula is C10H11FO2S2. The Labute approximate surface area is 96.3 Å². The summed E-state index contributed by atoms with van der Waals surface area (Å²) < 4.78 is 13.2. The third kappa shape index (κ3) is 3.76. The van der Waals surface area contributed by atoms with E-state index in [2.05, 4.69) is 0 Å². The number of thioether (sulfide) groups is 2. The van der Waals surface area contributed by atoms with E-state index in [1.165, 1.54) is 30.0 Å². The van der Waals surface area contributed by atoms with Crippen molar-refractivity contribution in [3.63, 3.8) is 0 Å². The van der Waals surface area contributed by atoms with Gasteiger partial charge in [0, 0.05) is 16.4 Å². The maximum atomic E-state index is 13.2. The quantitative estimate of drug-likeness (QED) is 0.640. The van der Waals surface area contributed by atoms with Crippen LogP contribution < -0.4 is 0 Å². The fourth-order valence-corrected chi connectivity index (χ4v) is 2.62. The molecule has 0 bridgehead atoms. The first-order valence-electron chi connectivity index (χ1n) is 4.29. The summed E-state index contributed by atoms with van der Waals surface area (Å²) in [5.74, 6) is 0.315. The zero-order chi connectivity index (χ0) is 11.3. The molecule has 0 spiro atoms. The maximum Gasteiger partial charge on any atom is 0.335 e. The molecule has 0 amide bonds. The Morgan fingerprint density at radius 3 is 2.80 bits per heavy atom. The Kier molecular flexibility index (Phi) is 4.98. The van der Waals surface area contributed by atoms with E-state index in [0.29, 0.717) is 4.90 Å². The predicted molar refractivity (Wildman–Crippen MR) is 62.5 cm³/mol.